The van der Waals surface area contributed by atoms with Crippen LogP contribution < -0.4 is 4.31 Å². The fraction of sp³-hybridized carbons (Fsp3) is 0.440. The molecule has 2 fully saturated rings. The Balaban J connectivity index is 1.22. The van der Waals surface area contributed by atoms with Crippen LogP contribution in [0.1, 0.15) is 30.5 Å². The van der Waals surface area contributed by atoms with Crippen LogP contribution in [0.3, 0.4) is 0 Å². The van der Waals surface area contributed by atoms with Gasteiger partial charge in [0.25, 0.3) is 13.1 Å². The Kier molecular flexibility index (Phi) is 7.89. The molecule has 2 saturated heterocycles. The number of alkyl halides is 2. The number of nitrogens with zero attached hydrogens (tertiary/aromatic N) is 6. The number of nitriles is 1. The molecule has 3 aliphatic heterocycles. The molecule has 5 rings (SSSR count). The zero-order valence-corrected chi connectivity index (χ0v) is 21.3. The first kappa shape index (κ1) is 25.2. The highest BCUT2D eigenvalue weighted by atomic mass is 35.5. The van der Waals surface area contributed by atoms with Crippen molar-refractivity contribution in [2.45, 2.75) is 56.2 Å². The standard InChI is InChI=1S/C25H26BClF2N6S/c27-18-2-1-3-20(10-18)35(36-22-6-8-34(9-7-22)21-12-26(13-21)16-30)15-19-5-4-17(14-31-19)23-11-24(25(28)29)33-32-23/h1-5,10,14,21-22,25H,6-9,11-13,15H2. The Bertz CT molecular complexity index is 1170. The second-order valence-electron chi connectivity index (χ2n) is 9.46. The Morgan fingerprint density at radius 2 is 2.00 bits per heavy atom. The molecule has 11 heteroatoms. The molecule has 0 atom stereocenters. The summed E-state index contributed by atoms with van der Waals surface area (Å²) in [6.07, 6.45) is 3.35. The van der Waals surface area contributed by atoms with E-state index in [0.29, 0.717) is 34.1 Å². The normalized spacial score (nSPS) is 19.1. The van der Waals surface area contributed by atoms with Gasteiger partial charge in [0.05, 0.1) is 18.0 Å². The summed E-state index contributed by atoms with van der Waals surface area (Å²) >= 11 is 8.13. The molecule has 0 amide bonds. The van der Waals surface area contributed by atoms with E-state index < -0.39 is 6.43 Å². The topological polar surface area (TPSA) is 67.9 Å². The van der Waals surface area contributed by atoms with Gasteiger partial charge < -0.3 is 9.21 Å². The summed E-state index contributed by atoms with van der Waals surface area (Å²) < 4.78 is 28.0. The fourth-order valence-electron chi connectivity index (χ4n) is 4.82. The number of pyridine rings is 1. The van der Waals surface area contributed by atoms with E-state index in [1.165, 1.54) is 0 Å². The van der Waals surface area contributed by atoms with Gasteiger partial charge in [-0.2, -0.15) is 10.2 Å². The number of likely N-dealkylation sites (tertiary alicyclic amines) is 1. The van der Waals surface area contributed by atoms with Crippen LogP contribution in [0.25, 0.3) is 0 Å². The molecule has 0 saturated carbocycles. The molecule has 36 heavy (non-hydrogen) atoms. The summed E-state index contributed by atoms with van der Waals surface area (Å²) in [5.41, 5.74) is 2.92. The second-order valence-corrected chi connectivity index (χ2v) is 11.2. The molecule has 2 aromatic rings. The molecular formula is C25H26BClF2N6S. The van der Waals surface area contributed by atoms with Crippen LogP contribution >= 0.6 is 23.5 Å². The van der Waals surface area contributed by atoms with Crippen molar-refractivity contribution in [3.05, 3.63) is 58.9 Å². The van der Waals surface area contributed by atoms with Crippen molar-refractivity contribution >= 4 is 47.4 Å². The number of anilines is 1. The highest BCUT2D eigenvalue weighted by Gasteiger charge is 2.38. The summed E-state index contributed by atoms with van der Waals surface area (Å²) in [6, 6.07) is 12.2. The number of halogens is 3. The van der Waals surface area contributed by atoms with Crippen molar-refractivity contribution in [1.82, 2.24) is 9.88 Å². The number of aromatic nitrogens is 1. The number of benzene rings is 1. The first-order valence-electron chi connectivity index (χ1n) is 12.2. The van der Waals surface area contributed by atoms with E-state index in [2.05, 4.69) is 36.4 Å². The number of piperidine rings is 1. The van der Waals surface area contributed by atoms with Gasteiger partial charge in [0.15, 0.2) is 0 Å². The third-order valence-corrected chi connectivity index (χ3v) is 8.62. The molecule has 0 radical (unpaired) electrons. The van der Waals surface area contributed by atoms with Gasteiger partial charge in [-0.05, 0) is 86.9 Å². The maximum atomic E-state index is 12.9. The lowest BCUT2D eigenvalue weighted by atomic mass is 9.34. The first-order chi connectivity index (χ1) is 17.5. The van der Waals surface area contributed by atoms with E-state index in [1.54, 1.807) is 6.20 Å². The lowest BCUT2D eigenvalue weighted by Crippen LogP contribution is -2.51. The smallest absolute Gasteiger partial charge is 0.278 e. The highest BCUT2D eigenvalue weighted by Crippen LogP contribution is 2.36. The zero-order chi connectivity index (χ0) is 25.1. The monoisotopic (exact) mass is 526 g/mol. The predicted molar refractivity (Wildman–Crippen MR) is 143 cm³/mol. The molecule has 186 valence electrons. The molecule has 4 heterocycles. The maximum absolute atomic E-state index is 12.9. The minimum atomic E-state index is -2.59. The SMILES string of the molecule is N#CB1CC(N2CCC(SN(Cc3ccc(C4=NN=C(C(F)F)C4)cn3)c3cccc(Cl)c3)CC2)C1. The Labute approximate surface area is 219 Å². The van der Waals surface area contributed by atoms with Crippen LogP contribution in [0.2, 0.25) is 17.7 Å². The second kappa shape index (κ2) is 11.3. The third-order valence-electron chi connectivity index (χ3n) is 7.02. The van der Waals surface area contributed by atoms with Crippen molar-refractivity contribution in [2.75, 3.05) is 17.4 Å². The van der Waals surface area contributed by atoms with Gasteiger partial charge in [-0.15, -0.1) is 0 Å². The number of rotatable bonds is 8. The fourth-order valence-corrected chi connectivity index (χ4v) is 6.23. The molecule has 0 N–H and O–H groups in total. The lowest BCUT2D eigenvalue weighted by Gasteiger charge is -2.43. The van der Waals surface area contributed by atoms with E-state index in [0.717, 1.165) is 50.0 Å². The average Bonchev–Trinajstić information content (AvgIpc) is 3.35. The van der Waals surface area contributed by atoms with Gasteiger partial charge >= 0.3 is 0 Å². The Hall–Kier alpha value is -2.48. The summed E-state index contributed by atoms with van der Waals surface area (Å²) in [5.74, 6) is 2.38. The zero-order valence-electron chi connectivity index (χ0n) is 19.7. The molecule has 1 aromatic carbocycles. The highest BCUT2D eigenvalue weighted by molar-refractivity contribution is 8.01. The minimum absolute atomic E-state index is 0.0555. The Morgan fingerprint density at radius 3 is 2.64 bits per heavy atom. The number of hydrogen-bond acceptors (Lipinski definition) is 7. The van der Waals surface area contributed by atoms with Crippen molar-refractivity contribution in [2.24, 2.45) is 10.2 Å². The van der Waals surface area contributed by atoms with E-state index in [-0.39, 0.29) is 18.8 Å². The Morgan fingerprint density at radius 1 is 1.19 bits per heavy atom. The molecule has 0 spiro atoms. The van der Waals surface area contributed by atoms with Gasteiger partial charge in [-0.25, -0.2) is 14.0 Å². The minimum Gasteiger partial charge on any atom is -0.310 e. The van der Waals surface area contributed by atoms with Crippen molar-refractivity contribution in [3.63, 3.8) is 0 Å². The molecule has 0 unspecified atom stereocenters. The molecule has 3 aliphatic rings. The van der Waals surface area contributed by atoms with E-state index in [1.807, 2.05) is 42.3 Å². The average molecular weight is 527 g/mol. The van der Waals surface area contributed by atoms with Gasteiger partial charge in [0.2, 0.25) is 0 Å². The largest absolute Gasteiger partial charge is 0.310 e. The van der Waals surface area contributed by atoms with Crippen LogP contribution in [0.15, 0.2) is 52.8 Å². The summed E-state index contributed by atoms with van der Waals surface area (Å²) in [6.45, 7) is 2.94. The molecule has 0 bridgehead atoms. The van der Waals surface area contributed by atoms with Crippen LogP contribution in [-0.4, -0.2) is 58.8 Å². The summed E-state index contributed by atoms with van der Waals surface area (Å²) in [7, 11) is 0. The third kappa shape index (κ3) is 5.91. The molecule has 1 aromatic heterocycles. The van der Waals surface area contributed by atoms with Gasteiger partial charge in [-0.3, -0.25) is 4.98 Å². The van der Waals surface area contributed by atoms with Crippen molar-refractivity contribution in [3.8, 4) is 5.97 Å². The van der Waals surface area contributed by atoms with Crippen molar-refractivity contribution in [1.29, 1.82) is 5.26 Å². The van der Waals surface area contributed by atoms with Crippen LogP contribution in [0, 0.1) is 11.2 Å². The van der Waals surface area contributed by atoms with Crippen LogP contribution in [0.4, 0.5) is 14.5 Å². The lowest BCUT2D eigenvalue weighted by molar-refractivity contribution is 0.176. The predicted octanol–water partition coefficient (Wildman–Crippen LogP) is 5.61. The van der Waals surface area contributed by atoms with E-state index >= 15 is 0 Å². The van der Waals surface area contributed by atoms with Crippen molar-refractivity contribution < 1.29 is 8.78 Å². The molecule has 6 nitrogen and oxygen atoms in total. The van der Waals surface area contributed by atoms with E-state index in [9.17, 15) is 8.78 Å². The molecule has 0 aliphatic carbocycles. The van der Waals surface area contributed by atoms with Gasteiger partial charge in [0, 0.05) is 40.1 Å². The molecular weight excluding hydrogens is 501 g/mol. The van der Waals surface area contributed by atoms with Crippen LogP contribution in [-0.2, 0) is 6.54 Å². The maximum Gasteiger partial charge on any atom is 0.278 e. The first-order valence-corrected chi connectivity index (χ1v) is 13.4. The van der Waals surface area contributed by atoms with Gasteiger partial charge in [-0.1, -0.05) is 17.7 Å². The van der Waals surface area contributed by atoms with Gasteiger partial charge in [0.1, 0.15) is 5.71 Å². The van der Waals surface area contributed by atoms with Crippen LogP contribution in [0.5, 0.6) is 0 Å². The summed E-state index contributed by atoms with van der Waals surface area (Å²) in [5, 5.41) is 17.7. The van der Waals surface area contributed by atoms with E-state index in [4.69, 9.17) is 16.9 Å². The summed E-state index contributed by atoms with van der Waals surface area (Å²) in [4.78, 5) is 7.15. The number of hydrogen-bond donors (Lipinski definition) is 0. The quantitative estimate of drug-likeness (QED) is 0.330.